The first kappa shape index (κ1) is 32.4. The lowest BCUT2D eigenvalue weighted by atomic mass is 9.49. The molecule has 0 N–H and O–H groups in total. The Bertz CT molecular complexity index is 2460. The van der Waals surface area contributed by atoms with Gasteiger partial charge in [0.25, 0.3) is 0 Å². The van der Waals surface area contributed by atoms with Crippen LogP contribution in [0.15, 0.2) is 89.7 Å². The fraction of sp³-hybridized carbons (Fsp3) is 0.451. The van der Waals surface area contributed by atoms with Gasteiger partial charge in [-0.25, -0.2) is 19.9 Å². The van der Waals surface area contributed by atoms with E-state index in [1.54, 1.807) is 6.39 Å². The highest BCUT2D eigenvalue weighted by Crippen LogP contribution is 2.62. The van der Waals surface area contributed by atoms with E-state index in [2.05, 4.69) is 92.7 Å². The quantitative estimate of drug-likeness (QED) is 0.176. The molecular formula is C51H50N4O. The van der Waals surface area contributed by atoms with E-state index in [9.17, 15) is 0 Å². The number of hydrogen-bond donors (Lipinski definition) is 0. The van der Waals surface area contributed by atoms with Crippen LogP contribution in [0, 0.1) is 35.5 Å². The molecule has 280 valence electrons. The fourth-order valence-electron chi connectivity index (χ4n) is 14.8. The van der Waals surface area contributed by atoms with Crippen LogP contribution in [-0.2, 0) is 16.2 Å². The number of rotatable bonds is 5. The summed E-state index contributed by atoms with van der Waals surface area (Å²) < 4.78 is 6.18. The number of fused-ring (bicyclic) bond motifs is 4. The maximum Gasteiger partial charge on any atom is 0.182 e. The SMILES string of the molecule is CC1(C)c2ccccc2-c2ccc(-c3ccc(-c4ccc(-c5nc(C67CC8CC(CC(C8)C6)C7)nc(C67CC8CC(CC(C8)C6)C7)n5)cc4)c4ncoc34)cc21. The van der Waals surface area contributed by atoms with E-state index >= 15 is 0 Å². The van der Waals surface area contributed by atoms with Crippen LogP contribution in [0.2, 0.25) is 0 Å². The molecule has 0 amide bonds. The minimum atomic E-state index is -0.0608. The molecule has 56 heavy (non-hydrogen) atoms. The lowest BCUT2D eigenvalue weighted by Gasteiger charge is -2.57. The number of aromatic nitrogens is 4. The first-order chi connectivity index (χ1) is 27.3. The summed E-state index contributed by atoms with van der Waals surface area (Å²) in [5.74, 6) is 8.33. The summed E-state index contributed by atoms with van der Waals surface area (Å²) in [7, 11) is 0. The maximum absolute atomic E-state index is 6.18. The van der Waals surface area contributed by atoms with Gasteiger partial charge in [-0.05, 0) is 158 Å². The molecule has 9 aliphatic carbocycles. The highest BCUT2D eigenvalue weighted by Gasteiger charge is 2.56. The van der Waals surface area contributed by atoms with Crippen molar-refractivity contribution in [1.29, 1.82) is 0 Å². The molecule has 0 saturated heterocycles. The smallest absolute Gasteiger partial charge is 0.182 e. The van der Waals surface area contributed by atoms with Crippen LogP contribution < -0.4 is 0 Å². The molecule has 4 aromatic carbocycles. The van der Waals surface area contributed by atoms with Gasteiger partial charge in [-0.2, -0.15) is 0 Å². The highest BCUT2D eigenvalue weighted by molar-refractivity contribution is 6.00. The molecule has 2 heterocycles. The van der Waals surface area contributed by atoms with Crippen molar-refractivity contribution in [3.05, 3.63) is 108 Å². The minimum absolute atomic E-state index is 0.0608. The lowest BCUT2D eigenvalue weighted by molar-refractivity contribution is -0.0155. The molecule has 5 heteroatoms. The van der Waals surface area contributed by atoms with Crippen LogP contribution in [0.5, 0.6) is 0 Å². The average Bonchev–Trinajstić information content (AvgIpc) is 3.78. The number of benzene rings is 4. The van der Waals surface area contributed by atoms with Gasteiger partial charge in [0.2, 0.25) is 0 Å². The topological polar surface area (TPSA) is 64.7 Å². The van der Waals surface area contributed by atoms with Gasteiger partial charge in [0.15, 0.2) is 17.8 Å². The zero-order valence-corrected chi connectivity index (χ0v) is 32.7. The van der Waals surface area contributed by atoms with Crippen LogP contribution in [0.4, 0.5) is 0 Å². The summed E-state index contributed by atoms with van der Waals surface area (Å²) in [6.45, 7) is 4.67. The Morgan fingerprint density at radius 2 is 1.00 bits per heavy atom. The molecule has 15 rings (SSSR count). The average molecular weight is 735 g/mol. The second kappa shape index (κ2) is 11.3. The van der Waals surface area contributed by atoms with Crippen LogP contribution in [-0.4, -0.2) is 19.9 Å². The molecule has 0 atom stereocenters. The van der Waals surface area contributed by atoms with Crippen molar-refractivity contribution in [2.24, 2.45) is 35.5 Å². The van der Waals surface area contributed by atoms with Crippen molar-refractivity contribution in [2.75, 3.05) is 0 Å². The fourth-order valence-corrected chi connectivity index (χ4v) is 14.8. The zero-order chi connectivity index (χ0) is 37.0. The van der Waals surface area contributed by atoms with Crippen molar-refractivity contribution < 1.29 is 4.42 Å². The second-order valence-corrected chi connectivity index (χ2v) is 20.4. The summed E-state index contributed by atoms with van der Waals surface area (Å²) in [6.07, 6.45) is 17.9. The Hall–Kier alpha value is -4.64. The van der Waals surface area contributed by atoms with E-state index < -0.39 is 0 Å². The molecule has 2 aromatic heterocycles. The molecule has 8 bridgehead atoms. The molecule has 0 unspecified atom stereocenters. The molecule has 6 aromatic rings. The first-order valence-corrected chi connectivity index (χ1v) is 21.8. The third-order valence-corrected chi connectivity index (χ3v) is 16.5. The van der Waals surface area contributed by atoms with E-state index in [0.29, 0.717) is 0 Å². The molecule has 0 radical (unpaired) electrons. The number of nitrogens with zero attached hydrogens (tertiary/aromatic N) is 4. The molecule has 5 nitrogen and oxygen atoms in total. The second-order valence-electron chi connectivity index (χ2n) is 20.4. The van der Waals surface area contributed by atoms with Gasteiger partial charge >= 0.3 is 0 Å². The Labute approximate surface area is 329 Å². The van der Waals surface area contributed by atoms with Gasteiger partial charge in [0.05, 0.1) is 0 Å². The van der Waals surface area contributed by atoms with E-state index in [1.165, 1.54) is 99.3 Å². The van der Waals surface area contributed by atoms with Crippen molar-refractivity contribution in [3.63, 3.8) is 0 Å². The van der Waals surface area contributed by atoms with Gasteiger partial charge in [-0.1, -0.05) is 80.6 Å². The standard InChI is InChI=1S/C51H50N4O/c1-49(2)42-6-4-3-5-40(42)41-12-11-37(21-43(41)49)39-14-13-38(44-45(39)56-28-52-44)35-7-9-36(10-8-35)46-53-47(50-22-29-15-30(23-50)17-31(16-29)24-50)55-48(54-46)51-25-32-18-33(26-51)20-34(19-32)27-51/h3-14,21,28-34H,15-20,22-27H2,1-2H3. The predicted molar refractivity (Wildman–Crippen MR) is 221 cm³/mol. The van der Waals surface area contributed by atoms with E-state index in [-0.39, 0.29) is 16.2 Å². The van der Waals surface area contributed by atoms with Gasteiger partial charge in [-0.15, -0.1) is 0 Å². The maximum atomic E-state index is 6.18. The summed E-state index contributed by atoms with van der Waals surface area (Å²) in [5.41, 5.74) is 12.9. The van der Waals surface area contributed by atoms with Gasteiger partial charge in [0, 0.05) is 32.9 Å². The lowest BCUT2D eigenvalue weighted by Crippen LogP contribution is -2.51. The minimum Gasteiger partial charge on any atom is -0.443 e. The number of hydrogen-bond acceptors (Lipinski definition) is 5. The van der Waals surface area contributed by atoms with Gasteiger partial charge in [0.1, 0.15) is 17.2 Å². The summed E-state index contributed by atoms with van der Waals surface area (Å²) in [6, 6.07) is 29.1. The van der Waals surface area contributed by atoms with Gasteiger partial charge < -0.3 is 4.42 Å². The Kier molecular flexibility index (Phi) is 6.53. The number of oxazole rings is 1. The van der Waals surface area contributed by atoms with Crippen molar-refractivity contribution in [3.8, 4) is 44.8 Å². The third kappa shape index (κ3) is 4.60. The summed E-state index contributed by atoms with van der Waals surface area (Å²) in [5, 5.41) is 0. The Morgan fingerprint density at radius 3 is 1.61 bits per heavy atom. The molecule has 8 saturated carbocycles. The molecule has 9 aliphatic rings. The first-order valence-electron chi connectivity index (χ1n) is 21.8. The van der Waals surface area contributed by atoms with E-state index in [4.69, 9.17) is 24.4 Å². The molecule has 0 spiro atoms. The highest BCUT2D eigenvalue weighted by atomic mass is 16.3. The molecule has 8 fully saturated rings. The van der Waals surface area contributed by atoms with E-state index in [0.717, 1.165) is 91.9 Å². The molecular weight excluding hydrogens is 685 g/mol. The van der Waals surface area contributed by atoms with Crippen LogP contribution in [0.1, 0.15) is 114 Å². The monoisotopic (exact) mass is 734 g/mol. The van der Waals surface area contributed by atoms with Crippen molar-refractivity contribution in [1.82, 2.24) is 19.9 Å². The Balaban J connectivity index is 0.875. The van der Waals surface area contributed by atoms with Gasteiger partial charge in [-0.3, -0.25) is 0 Å². The predicted octanol–water partition coefficient (Wildman–Crippen LogP) is 12.3. The van der Waals surface area contributed by atoms with Crippen molar-refractivity contribution >= 4 is 11.1 Å². The zero-order valence-electron chi connectivity index (χ0n) is 32.7. The van der Waals surface area contributed by atoms with Crippen molar-refractivity contribution in [2.45, 2.75) is 107 Å². The summed E-state index contributed by atoms with van der Waals surface area (Å²) in [4.78, 5) is 21.5. The summed E-state index contributed by atoms with van der Waals surface area (Å²) >= 11 is 0. The Morgan fingerprint density at radius 1 is 0.500 bits per heavy atom. The molecule has 0 aliphatic heterocycles. The van der Waals surface area contributed by atoms with Crippen LogP contribution >= 0.6 is 0 Å². The van der Waals surface area contributed by atoms with Crippen LogP contribution in [0.25, 0.3) is 55.9 Å². The van der Waals surface area contributed by atoms with E-state index in [1.807, 2.05) is 0 Å². The third-order valence-electron chi connectivity index (χ3n) is 16.5. The normalized spacial score (nSPS) is 32.6. The largest absolute Gasteiger partial charge is 0.443 e. The van der Waals surface area contributed by atoms with Crippen LogP contribution in [0.3, 0.4) is 0 Å².